The smallest absolute Gasteiger partial charge is 0.221 e. The third kappa shape index (κ3) is 5.31. The lowest BCUT2D eigenvalue weighted by molar-refractivity contribution is -0.252. The minimum atomic E-state index is -0.611. The normalized spacial score (nSPS) is 20.8. The number of halogens is 2. The molecule has 0 unspecified atom stereocenters. The molecule has 1 aromatic heterocycles. The first kappa shape index (κ1) is 22.8. The maximum atomic E-state index is 11.3. The van der Waals surface area contributed by atoms with E-state index in [-0.39, 0.29) is 29.9 Å². The van der Waals surface area contributed by atoms with Crippen molar-refractivity contribution in [1.29, 1.82) is 0 Å². The van der Waals surface area contributed by atoms with Gasteiger partial charge in [-0.1, -0.05) is 59.6 Å². The van der Waals surface area contributed by atoms with Crippen LogP contribution < -0.4 is 5.32 Å². The number of carbonyl (C=O) groups excluding carboxylic acids is 1. The van der Waals surface area contributed by atoms with E-state index < -0.39 is 6.29 Å². The highest BCUT2D eigenvalue weighted by molar-refractivity contribution is 6.40. The van der Waals surface area contributed by atoms with Gasteiger partial charge in [-0.3, -0.25) is 4.79 Å². The summed E-state index contributed by atoms with van der Waals surface area (Å²) >= 11 is 12.2. The van der Waals surface area contributed by atoms with Crippen molar-refractivity contribution < 1.29 is 19.4 Å². The number of hydrogen-bond acceptors (Lipinski definition) is 5. The summed E-state index contributed by atoms with van der Waals surface area (Å²) in [6, 6.07) is 15.0. The van der Waals surface area contributed by atoms with E-state index in [9.17, 15) is 9.90 Å². The number of hydrogen-bond donors (Lipinski definition) is 2. The number of amides is 1. The molecule has 0 bridgehead atoms. The Morgan fingerprint density at radius 1 is 1.12 bits per heavy atom. The average molecular weight is 476 g/mol. The summed E-state index contributed by atoms with van der Waals surface area (Å²) in [7, 11) is 0. The van der Waals surface area contributed by atoms with Gasteiger partial charge in [0.2, 0.25) is 5.91 Å². The van der Waals surface area contributed by atoms with Gasteiger partial charge >= 0.3 is 0 Å². The van der Waals surface area contributed by atoms with Crippen LogP contribution in [0.2, 0.25) is 10.3 Å². The third-order valence-electron chi connectivity index (χ3n) is 5.25. The van der Waals surface area contributed by atoms with E-state index in [0.717, 1.165) is 16.7 Å². The first-order valence-electron chi connectivity index (χ1n) is 10.2. The van der Waals surface area contributed by atoms with E-state index in [1.165, 1.54) is 6.92 Å². The van der Waals surface area contributed by atoms with Gasteiger partial charge in [-0.25, -0.2) is 4.98 Å². The number of aliphatic hydroxyl groups is 1. The van der Waals surface area contributed by atoms with Gasteiger partial charge in [0.15, 0.2) is 11.4 Å². The molecule has 3 atom stereocenters. The van der Waals surface area contributed by atoms with Crippen LogP contribution in [0, 0.1) is 0 Å². The van der Waals surface area contributed by atoms with Crippen LogP contribution >= 0.6 is 23.2 Å². The number of anilines is 1. The van der Waals surface area contributed by atoms with Crippen molar-refractivity contribution in [3.8, 4) is 0 Å². The topological polar surface area (TPSA) is 85.6 Å². The number of aliphatic hydroxyl groups excluding tert-OH is 1. The number of nitrogens with zero attached hydrogens (tertiary/aromatic N) is 2. The van der Waals surface area contributed by atoms with E-state index in [0.29, 0.717) is 23.8 Å². The molecule has 1 fully saturated rings. The molecule has 0 aliphatic carbocycles. The predicted molar refractivity (Wildman–Crippen MR) is 121 cm³/mol. The zero-order chi connectivity index (χ0) is 22.7. The Bertz CT molecular complexity index is 1070. The molecule has 4 rings (SSSR count). The van der Waals surface area contributed by atoms with Crippen molar-refractivity contribution in [2.75, 3.05) is 5.32 Å². The number of benzene rings is 2. The van der Waals surface area contributed by atoms with Gasteiger partial charge in [0, 0.05) is 24.6 Å². The van der Waals surface area contributed by atoms with Crippen molar-refractivity contribution in [3.63, 3.8) is 0 Å². The molecular formula is C23H23Cl2N3O4. The number of aromatic nitrogens is 2. The van der Waals surface area contributed by atoms with Crippen LogP contribution in [0.25, 0.3) is 0 Å². The minimum Gasteiger partial charge on any atom is -0.392 e. The van der Waals surface area contributed by atoms with Crippen LogP contribution in [-0.2, 0) is 27.4 Å². The van der Waals surface area contributed by atoms with Gasteiger partial charge in [-0.2, -0.15) is 0 Å². The molecule has 3 aromatic rings. The molecule has 32 heavy (non-hydrogen) atoms. The fourth-order valence-electron chi connectivity index (χ4n) is 3.65. The highest BCUT2D eigenvalue weighted by Gasteiger charge is 2.32. The molecule has 2 heterocycles. The largest absolute Gasteiger partial charge is 0.392 e. The molecule has 2 aromatic carbocycles. The van der Waals surface area contributed by atoms with E-state index in [1.54, 1.807) is 10.9 Å². The van der Waals surface area contributed by atoms with E-state index >= 15 is 0 Å². The molecule has 0 saturated carbocycles. The summed E-state index contributed by atoms with van der Waals surface area (Å²) in [5.41, 5.74) is 3.35. The number of imidazole rings is 1. The van der Waals surface area contributed by atoms with Crippen LogP contribution in [0.5, 0.6) is 0 Å². The lowest BCUT2D eigenvalue weighted by Crippen LogP contribution is -2.32. The monoisotopic (exact) mass is 475 g/mol. The molecule has 1 saturated heterocycles. The van der Waals surface area contributed by atoms with Crippen LogP contribution in [0.3, 0.4) is 0 Å². The summed E-state index contributed by atoms with van der Waals surface area (Å²) < 4.78 is 14.3. The number of rotatable bonds is 6. The summed E-state index contributed by atoms with van der Waals surface area (Å²) in [6.45, 7) is 1.92. The fourth-order valence-corrected chi connectivity index (χ4v) is 3.96. The molecule has 168 valence electrons. The Kier molecular flexibility index (Phi) is 7.13. The highest BCUT2D eigenvalue weighted by Crippen LogP contribution is 2.39. The molecule has 7 nitrogen and oxygen atoms in total. The average Bonchev–Trinajstić information content (AvgIpc) is 3.11. The van der Waals surface area contributed by atoms with Gasteiger partial charge in [0.1, 0.15) is 5.15 Å². The van der Waals surface area contributed by atoms with Crippen molar-refractivity contribution >= 4 is 34.8 Å². The standard InChI is InChI=1S/C23H23Cl2N3O4/c1-14(30)27-18-8-6-17(7-9-18)23-31-19(11-28-13-26-21(24)22(28)25)10-20(32-23)16-4-2-15(12-29)3-5-16/h2-9,13,19-20,23,29H,10-12H2,1H3,(H,27,30)/t19-,20+,23+/m1/s1. The molecule has 1 aliphatic heterocycles. The summed E-state index contributed by atoms with van der Waals surface area (Å²) in [5.74, 6) is -0.134. The van der Waals surface area contributed by atoms with E-state index in [4.69, 9.17) is 32.7 Å². The Balaban J connectivity index is 1.58. The van der Waals surface area contributed by atoms with E-state index in [1.807, 2.05) is 48.5 Å². The maximum absolute atomic E-state index is 11.3. The highest BCUT2D eigenvalue weighted by atomic mass is 35.5. The van der Waals surface area contributed by atoms with Gasteiger partial charge in [-0.15, -0.1) is 0 Å². The maximum Gasteiger partial charge on any atom is 0.221 e. The van der Waals surface area contributed by atoms with Crippen LogP contribution in [0.1, 0.15) is 42.4 Å². The van der Waals surface area contributed by atoms with Gasteiger partial charge in [0.05, 0.1) is 31.7 Å². The number of ether oxygens (including phenoxy) is 2. The summed E-state index contributed by atoms with van der Waals surface area (Å²) in [4.78, 5) is 15.3. The van der Waals surface area contributed by atoms with Crippen molar-refractivity contribution in [1.82, 2.24) is 9.55 Å². The first-order chi connectivity index (χ1) is 15.4. The molecule has 9 heteroatoms. The second-order valence-electron chi connectivity index (χ2n) is 7.63. The Morgan fingerprint density at radius 3 is 2.41 bits per heavy atom. The van der Waals surface area contributed by atoms with Crippen LogP contribution in [0.15, 0.2) is 54.9 Å². The molecule has 1 aliphatic rings. The first-order valence-corrected chi connectivity index (χ1v) is 10.9. The van der Waals surface area contributed by atoms with Crippen molar-refractivity contribution in [3.05, 3.63) is 81.9 Å². The molecular weight excluding hydrogens is 453 g/mol. The van der Waals surface area contributed by atoms with E-state index in [2.05, 4.69) is 10.3 Å². The summed E-state index contributed by atoms with van der Waals surface area (Å²) in [5, 5.41) is 12.7. The van der Waals surface area contributed by atoms with Crippen LogP contribution in [-0.4, -0.2) is 26.7 Å². The fraction of sp³-hybridized carbons (Fsp3) is 0.304. The quantitative estimate of drug-likeness (QED) is 0.530. The Hall–Kier alpha value is -2.42. The lowest BCUT2D eigenvalue weighted by Gasteiger charge is -2.36. The zero-order valence-electron chi connectivity index (χ0n) is 17.4. The van der Waals surface area contributed by atoms with Gasteiger partial charge in [-0.05, 0) is 23.3 Å². The molecule has 0 spiro atoms. The minimum absolute atomic E-state index is 0.0132. The SMILES string of the molecule is CC(=O)Nc1ccc([C@H]2O[C@@H](Cn3cnc(Cl)c3Cl)C[C@@H](c3ccc(CO)cc3)O2)cc1. The molecule has 0 radical (unpaired) electrons. The Labute approximate surface area is 195 Å². The number of carbonyl (C=O) groups is 1. The molecule has 2 N–H and O–H groups in total. The predicted octanol–water partition coefficient (Wildman–Crippen LogP) is 4.89. The van der Waals surface area contributed by atoms with Gasteiger partial charge < -0.3 is 24.5 Å². The third-order valence-corrected chi connectivity index (χ3v) is 6.02. The van der Waals surface area contributed by atoms with Crippen molar-refractivity contribution in [2.45, 2.75) is 45.0 Å². The lowest BCUT2D eigenvalue weighted by atomic mass is 10.00. The second-order valence-corrected chi connectivity index (χ2v) is 8.35. The van der Waals surface area contributed by atoms with Crippen molar-refractivity contribution in [2.24, 2.45) is 0 Å². The summed E-state index contributed by atoms with van der Waals surface area (Å²) in [6.07, 6.45) is 1.14. The zero-order valence-corrected chi connectivity index (χ0v) is 18.9. The molecule has 1 amide bonds. The van der Waals surface area contributed by atoms with Gasteiger partial charge in [0.25, 0.3) is 0 Å². The second kappa shape index (κ2) is 10.0. The Morgan fingerprint density at radius 2 is 1.81 bits per heavy atom. The number of nitrogens with one attached hydrogen (secondary N) is 1. The van der Waals surface area contributed by atoms with Crippen LogP contribution in [0.4, 0.5) is 5.69 Å².